The normalized spacial score (nSPS) is 26.3. The summed E-state index contributed by atoms with van der Waals surface area (Å²) in [5.74, 6) is 2.39. The van der Waals surface area contributed by atoms with Crippen molar-refractivity contribution in [3.05, 3.63) is 0 Å². The molecule has 1 saturated heterocycles. The van der Waals surface area contributed by atoms with Gasteiger partial charge in [0.2, 0.25) is 0 Å². The van der Waals surface area contributed by atoms with Crippen molar-refractivity contribution in [3.8, 4) is 0 Å². The zero-order valence-electron chi connectivity index (χ0n) is 6.43. The van der Waals surface area contributed by atoms with Gasteiger partial charge in [-0.25, -0.2) is 0 Å². The summed E-state index contributed by atoms with van der Waals surface area (Å²) in [6.45, 7) is 4.52. The van der Waals surface area contributed by atoms with Crippen molar-refractivity contribution in [2.24, 2.45) is 11.8 Å². The van der Waals surface area contributed by atoms with Crippen LogP contribution < -0.4 is 0 Å². The highest BCUT2D eigenvalue weighted by Crippen LogP contribution is 2.33. The van der Waals surface area contributed by atoms with E-state index in [0.29, 0.717) is 5.92 Å². The van der Waals surface area contributed by atoms with Gasteiger partial charge in [-0.2, -0.15) is 0 Å². The van der Waals surface area contributed by atoms with Crippen molar-refractivity contribution in [1.82, 2.24) is 4.90 Å². The molecule has 56 valence electrons. The lowest BCUT2D eigenvalue weighted by Gasteiger charge is -2.39. The summed E-state index contributed by atoms with van der Waals surface area (Å²) < 4.78 is 0. The Morgan fingerprint density at radius 2 is 2.00 bits per heavy atom. The largest absolute Gasteiger partial charge is 0.360 e. The zero-order chi connectivity index (χ0) is 7.14. The van der Waals surface area contributed by atoms with Crippen LogP contribution in [0.2, 0.25) is 0 Å². The van der Waals surface area contributed by atoms with Gasteiger partial charge in [0.05, 0.1) is 5.84 Å². The van der Waals surface area contributed by atoms with Gasteiger partial charge in [-0.15, -0.1) is 0 Å². The highest BCUT2D eigenvalue weighted by molar-refractivity contribution is 5.84. The Kier molecular flexibility index (Phi) is 1.22. The van der Waals surface area contributed by atoms with Crippen LogP contribution in [0.25, 0.3) is 0 Å². The molecule has 2 fully saturated rings. The molecular weight excluding hydrogens is 124 g/mol. The van der Waals surface area contributed by atoms with Crippen molar-refractivity contribution in [2.45, 2.75) is 19.8 Å². The zero-order valence-corrected chi connectivity index (χ0v) is 6.43. The van der Waals surface area contributed by atoms with Gasteiger partial charge in [0, 0.05) is 19.0 Å². The molecule has 1 heterocycles. The molecule has 1 aliphatic heterocycles. The van der Waals surface area contributed by atoms with E-state index >= 15 is 0 Å². The van der Waals surface area contributed by atoms with E-state index in [1.54, 1.807) is 0 Å². The molecule has 10 heavy (non-hydrogen) atoms. The summed E-state index contributed by atoms with van der Waals surface area (Å²) in [5, 5.41) is 7.68. The van der Waals surface area contributed by atoms with Crippen LogP contribution in [0.15, 0.2) is 0 Å². The quantitative estimate of drug-likeness (QED) is 0.429. The molecular formula is C8H14N2. The molecule has 0 aromatic carbocycles. The Morgan fingerprint density at radius 1 is 1.40 bits per heavy atom. The third kappa shape index (κ3) is 0.917. The fraction of sp³-hybridized carbons (Fsp3) is 0.875. The van der Waals surface area contributed by atoms with Crippen LogP contribution in [0.4, 0.5) is 0 Å². The maximum Gasteiger partial charge on any atom is 0.0989 e. The van der Waals surface area contributed by atoms with Crippen LogP contribution in [-0.4, -0.2) is 23.8 Å². The number of hydrogen-bond donors (Lipinski definition) is 1. The summed E-state index contributed by atoms with van der Waals surface area (Å²) in [7, 11) is 0. The van der Waals surface area contributed by atoms with Crippen molar-refractivity contribution in [1.29, 1.82) is 5.41 Å². The van der Waals surface area contributed by atoms with E-state index < -0.39 is 0 Å². The van der Waals surface area contributed by atoms with E-state index in [-0.39, 0.29) is 0 Å². The number of nitrogens with one attached hydrogen (secondary N) is 1. The van der Waals surface area contributed by atoms with Crippen LogP contribution in [0.1, 0.15) is 19.8 Å². The molecule has 1 saturated carbocycles. The second-order valence-electron chi connectivity index (χ2n) is 3.67. The molecule has 1 N–H and O–H groups in total. The minimum atomic E-state index is 0.646. The predicted octanol–water partition coefficient (Wildman–Crippen LogP) is 1.33. The third-order valence-corrected chi connectivity index (χ3v) is 2.37. The van der Waals surface area contributed by atoms with Crippen LogP contribution in [0.3, 0.4) is 0 Å². The fourth-order valence-corrected chi connectivity index (χ4v) is 1.51. The average Bonchev–Trinajstić information content (AvgIpc) is 2.60. The molecule has 2 nitrogen and oxygen atoms in total. The first-order chi connectivity index (χ1) is 4.77. The topological polar surface area (TPSA) is 27.1 Å². The lowest BCUT2D eigenvalue weighted by Crippen LogP contribution is -2.49. The lowest BCUT2D eigenvalue weighted by atomic mass is 10.0. The Hall–Kier alpha value is -0.530. The standard InChI is InChI=1S/C8H14N2/c1-6-4-10(5-6)8(9)7-2-3-7/h6-7,9H,2-5H2,1H3. The minimum Gasteiger partial charge on any atom is -0.360 e. The van der Waals surface area contributed by atoms with Gasteiger partial charge in [0.1, 0.15) is 0 Å². The third-order valence-electron chi connectivity index (χ3n) is 2.37. The molecule has 0 amide bonds. The van der Waals surface area contributed by atoms with Crippen LogP contribution in [0.5, 0.6) is 0 Å². The highest BCUT2D eigenvalue weighted by Gasteiger charge is 2.34. The first-order valence-corrected chi connectivity index (χ1v) is 4.11. The highest BCUT2D eigenvalue weighted by atomic mass is 15.2. The lowest BCUT2D eigenvalue weighted by molar-refractivity contribution is 0.199. The van der Waals surface area contributed by atoms with E-state index in [9.17, 15) is 0 Å². The molecule has 2 aliphatic rings. The van der Waals surface area contributed by atoms with E-state index in [0.717, 1.165) is 24.8 Å². The molecule has 0 aromatic rings. The summed E-state index contributed by atoms with van der Waals surface area (Å²) >= 11 is 0. The molecule has 0 aromatic heterocycles. The molecule has 0 bridgehead atoms. The van der Waals surface area contributed by atoms with Crippen molar-refractivity contribution in [3.63, 3.8) is 0 Å². The van der Waals surface area contributed by atoms with Gasteiger partial charge in [-0.05, 0) is 18.8 Å². The molecule has 1 aliphatic carbocycles. The molecule has 0 radical (unpaired) electrons. The predicted molar refractivity (Wildman–Crippen MR) is 41.2 cm³/mol. The number of amidine groups is 1. The van der Waals surface area contributed by atoms with Crippen LogP contribution in [-0.2, 0) is 0 Å². The van der Waals surface area contributed by atoms with Crippen LogP contribution >= 0.6 is 0 Å². The molecule has 0 spiro atoms. The smallest absolute Gasteiger partial charge is 0.0989 e. The molecule has 2 heteroatoms. The first-order valence-electron chi connectivity index (χ1n) is 4.11. The van der Waals surface area contributed by atoms with Gasteiger partial charge in [0.15, 0.2) is 0 Å². The van der Waals surface area contributed by atoms with Crippen molar-refractivity contribution in [2.75, 3.05) is 13.1 Å². The van der Waals surface area contributed by atoms with Crippen LogP contribution in [0, 0.1) is 17.2 Å². The van der Waals surface area contributed by atoms with Gasteiger partial charge < -0.3 is 4.90 Å². The number of nitrogens with zero attached hydrogens (tertiary/aromatic N) is 1. The summed E-state index contributed by atoms with van der Waals surface area (Å²) in [6, 6.07) is 0. The Labute approximate surface area is 61.7 Å². The van der Waals surface area contributed by atoms with E-state index in [1.165, 1.54) is 12.8 Å². The Balaban J connectivity index is 1.83. The maximum atomic E-state index is 7.68. The molecule has 0 atom stereocenters. The van der Waals surface area contributed by atoms with Gasteiger partial charge >= 0.3 is 0 Å². The Bertz CT molecular complexity index is 155. The van der Waals surface area contributed by atoms with E-state index in [1.807, 2.05) is 0 Å². The van der Waals surface area contributed by atoms with Crippen molar-refractivity contribution >= 4 is 5.84 Å². The van der Waals surface area contributed by atoms with Gasteiger partial charge in [0.25, 0.3) is 0 Å². The number of likely N-dealkylation sites (tertiary alicyclic amines) is 1. The number of hydrogen-bond acceptors (Lipinski definition) is 1. The second kappa shape index (κ2) is 1.97. The molecule has 2 rings (SSSR count). The van der Waals surface area contributed by atoms with E-state index in [2.05, 4.69) is 11.8 Å². The number of rotatable bonds is 1. The van der Waals surface area contributed by atoms with Gasteiger partial charge in [-0.1, -0.05) is 6.92 Å². The molecule has 0 unspecified atom stereocenters. The first kappa shape index (κ1) is 6.20. The summed E-state index contributed by atoms with van der Waals surface area (Å²) in [4.78, 5) is 2.21. The summed E-state index contributed by atoms with van der Waals surface area (Å²) in [6.07, 6.45) is 2.54. The minimum absolute atomic E-state index is 0.646. The SMILES string of the molecule is CC1CN(C(=N)C2CC2)C1. The summed E-state index contributed by atoms with van der Waals surface area (Å²) in [5.41, 5.74) is 0. The van der Waals surface area contributed by atoms with Gasteiger partial charge in [-0.3, -0.25) is 5.41 Å². The monoisotopic (exact) mass is 138 g/mol. The average molecular weight is 138 g/mol. The van der Waals surface area contributed by atoms with Crippen molar-refractivity contribution < 1.29 is 0 Å². The fourth-order valence-electron chi connectivity index (χ4n) is 1.51. The Morgan fingerprint density at radius 3 is 2.40 bits per heavy atom. The maximum absolute atomic E-state index is 7.68. The van der Waals surface area contributed by atoms with E-state index in [4.69, 9.17) is 5.41 Å². The second-order valence-corrected chi connectivity index (χ2v) is 3.67.